The van der Waals surface area contributed by atoms with Crippen LogP contribution in [-0.2, 0) is 28.9 Å². The van der Waals surface area contributed by atoms with E-state index in [9.17, 15) is 13.6 Å². The highest BCUT2D eigenvalue weighted by molar-refractivity contribution is 5.73. The molecule has 3 heterocycles. The van der Waals surface area contributed by atoms with Crippen molar-refractivity contribution >= 4 is 0 Å². The van der Waals surface area contributed by atoms with Gasteiger partial charge in [-0.1, -0.05) is 0 Å². The Morgan fingerprint density at radius 1 is 1.17 bits per heavy atom. The molecular formula is C27H33F2NO5. The normalized spacial score (nSPS) is 21.1. The molecule has 0 bridgehead atoms. The lowest BCUT2D eigenvalue weighted by molar-refractivity contribution is -0.119. The van der Waals surface area contributed by atoms with Gasteiger partial charge in [0.05, 0.1) is 45.3 Å². The van der Waals surface area contributed by atoms with Gasteiger partial charge in [0.25, 0.3) is 5.56 Å². The second-order valence-electron chi connectivity index (χ2n) is 9.94. The number of aryl methyl sites for hydroxylation is 2. The third-order valence-electron chi connectivity index (χ3n) is 7.43. The highest BCUT2D eigenvalue weighted by atomic mass is 19.3. The molecule has 0 spiro atoms. The summed E-state index contributed by atoms with van der Waals surface area (Å²) < 4.78 is 51.0. The molecule has 2 aliphatic heterocycles. The molecule has 1 saturated carbocycles. The van der Waals surface area contributed by atoms with Crippen molar-refractivity contribution in [2.75, 3.05) is 33.5 Å². The minimum atomic E-state index is -2.56. The van der Waals surface area contributed by atoms with E-state index in [0.717, 1.165) is 47.2 Å². The van der Waals surface area contributed by atoms with Crippen molar-refractivity contribution in [1.82, 2.24) is 4.57 Å². The zero-order chi connectivity index (χ0) is 24.6. The number of aromatic nitrogens is 1. The molecule has 2 aromatic rings. The number of hydrogen-bond donors (Lipinski definition) is 0. The molecule has 35 heavy (non-hydrogen) atoms. The maximum absolute atomic E-state index is 13.2. The molecule has 8 heteroatoms. The topological polar surface area (TPSA) is 58.9 Å². The second kappa shape index (κ2) is 9.90. The molecule has 3 aliphatic rings. The summed E-state index contributed by atoms with van der Waals surface area (Å²) in [6.07, 6.45) is 3.18. The van der Waals surface area contributed by atoms with E-state index in [1.54, 1.807) is 13.2 Å². The molecule has 1 aromatic heterocycles. The van der Waals surface area contributed by atoms with Crippen LogP contribution in [0.1, 0.15) is 42.4 Å². The lowest BCUT2D eigenvalue weighted by Crippen LogP contribution is -2.38. The predicted molar refractivity (Wildman–Crippen MR) is 128 cm³/mol. The molecular weight excluding hydrogens is 456 g/mol. The van der Waals surface area contributed by atoms with Gasteiger partial charge in [0.2, 0.25) is 5.92 Å². The van der Waals surface area contributed by atoms with Crippen molar-refractivity contribution in [3.8, 4) is 22.8 Å². The standard InChI is InChI=1S/C27H33F2NO5/c1-17-19(4-3-5-21-16-33-8-9-34-21)11-25(31)30-7-6-20-10-24(23(32-2)12-22(20)26(17)30)35-15-18-13-27(28,29)14-18/h10-12,18,21H,3-9,13-16H2,1-2H3/t21-/m1/s1. The maximum Gasteiger partial charge on any atom is 0.251 e. The van der Waals surface area contributed by atoms with Crippen LogP contribution in [0, 0.1) is 12.8 Å². The van der Waals surface area contributed by atoms with Crippen molar-refractivity contribution in [1.29, 1.82) is 0 Å². The summed E-state index contributed by atoms with van der Waals surface area (Å²) in [5.74, 6) is -1.58. The Labute approximate surface area is 204 Å². The first-order chi connectivity index (χ1) is 16.8. The Morgan fingerprint density at radius 3 is 2.71 bits per heavy atom. The van der Waals surface area contributed by atoms with Crippen LogP contribution in [0.15, 0.2) is 23.0 Å². The minimum Gasteiger partial charge on any atom is -0.493 e. The van der Waals surface area contributed by atoms with Crippen LogP contribution >= 0.6 is 0 Å². The van der Waals surface area contributed by atoms with E-state index in [2.05, 4.69) is 6.92 Å². The molecule has 1 saturated heterocycles. The van der Waals surface area contributed by atoms with Crippen LogP contribution in [0.25, 0.3) is 11.3 Å². The molecule has 190 valence electrons. The molecule has 1 aliphatic carbocycles. The fraction of sp³-hybridized carbons (Fsp3) is 0.593. The third kappa shape index (κ3) is 5.09. The summed E-state index contributed by atoms with van der Waals surface area (Å²) in [6, 6.07) is 5.64. The van der Waals surface area contributed by atoms with E-state index in [1.807, 2.05) is 16.7 Å². The van der Waals surface area contributed by atoms with E-state index in [1.165, 1.54) is 0 Å². The first-order valence-corrected chi connectivity index (χ1v) is 12.5. The molecule has 1 aromatic carbocycles. The van der Waals surface area contributed by atoms with Crippen LogP contribution < -0.4 is 15.0 Å². The average molecular weight is 490 g/mol. The number of ether oxygens (including phenoxy) is 4. The molecule has 0 amide bonds. The smallest absolute Gasteiger partial charge is 0.251 e. The van der Waals surface area contributed by atoms with Crippen molar-refractivity contribution in [2.24, 2.45) is 5.92 Å². The number of hydrogen-bond acceptors (Lipinski definition) is 5. The number of rotatable bonds is 8. The van der Waals surface area contributed by atoms with E-state index < -0.39 is 5.92 Å². The monoisotopic (exact) mass is 489 g/mol. The summed E-state index contributed by atoms with van der Waals surface area (Å²) >= 11 is 0. The second-order valence-corrected chi connectivity index (χ2v) is 9.94. The summed E-state index contributed by atoms with van der Waals surface area (Å²) in [6.45, 7) is 4.84. The molecule has 5 rings (SSSR count). The Balaban J connectivity index is 1.37. The number of nitrogens with zero attached hydrogens (tertiary/aromatic N) is 1. The first kappa shape index (κ1) is 24.3. The van der Waals surface area contributed by atoms with Gasteiger partial charge >= 0.3 is 0 Å². The van der Waals surface area contributed by atoms with Gasteiger partial charge in [0, 0.05) is 36.9 Å². The number of halogens is 2. The van der Waals surface area contributed by atoms with Gasteiger partial charge in [0.15, 0.2) is 11.5 Å². The van der Waals surface area contributed by atoms with Gasteiger partial charge in [-0.25, -0.2) is 8.78 Å². The van der Waals surface area contributed by atoms with Crippen LogP contribution in [0.3, 0.4) is 0 Å². The molecule has 0 N–H and O–H groups in total. The van der Waals surface area contributed by atoms with E-state index in [-0.39, 0.29) is 37.0 Å². The van der Waals surface area contributed by atoms with Crippen LogP contribution in [0.5, 0.6) is 11.5 Å². The lowest BCUT2D eigenvalue weighted by Gasteiger charge is -2.34. The SMILES string of the molecule is COc1cc2c(cc1OCC1CC(F)(F)C1)CCn1c-2c(C)c(CCC[C@@H]2COCCO2)cc1=O. The Kier molecular flexibility index (Phi) is 6.86. The molecule has 0 unspecified atom stereocenters. The zero-order valence-corrected chi connectivity index (χ0v) is 20.4. The molecule has 6 nitrogen and oxygen atoms in total. The summed E-state index contributed by atoms with van der Waals surface area (Å²) in [7, 11) is 1.57. The van der Waals surface area contributed by atoms with Gasteiger partial charge in [-0.05, 0) is 61.4 Å². The van der Waals surface area contributed by atoms with Gasteiger partial charge < -0.3 is 23.5 Å². The molecule has 0 radical (unpaired) electrons. The van der Waals surface area contributed by atoms with E-state index in [4.69, 9.17) is 18.9 Å². The number of benzene rings is 1. The first-order valence-electron chi connectivity index (χ1n) is 12.5. The van der Waals surface area contributed by atoms with Gasteiger partial charge in [-0.15, -0.1) is 0 Å². The van der Waals surface area contributed by atoms with Gasteiger partial charge in [-0.3, -0.25) is 4.79 Å². The fourth-order valence-electron chi connectivity index (χ4n) is 5.50. The fourth-order valence-corrected chi connectivity index (χ4v) is 5.50. The lowest BCUT2D eigenvalue weighted by atomic mass is 9.82. The predicted octanol–water partition coefficient (Wildman–Crippen LogP) is 4.55. The number of alkyl halides is 2. The van der Waals surface area contributed by atoms with Crippen molar-refractivity contribution < 1.29 is 27.7 Å². The Bertz CT molecular complexity index is 1130. The zero-order valence-electron chi connectivity index (χ0n) is 20.4. The highest BCUT2D eigenvalue weighted by Gasteiger charge is 2.45. The largest absolute Gasteiger partial charge is 0.493 e. The van der Waals surface area contributed by atoms with E-state index >= 15 is 0 Å². The maximum atomic E-state index is 13.2. The van der Waals surface area contributed by atoms with Crippen molar-refractivity contribution in [3.05, 3.63) is 45.2 Å². The quantitative estimate of drug-likeness (QED) is 0.545. The average Bonchev–Trinajstić information content (AvgIpc) is 2.83. The van der Waals surface area contributed by atoms with Crippen LogP contribution in [-0.4, -0.2) is 50.1 Å². The Morgan fingerprint density at radius 2 is 2.00 bits per heavy atom. The van der Waals surface area contributed by atoms with E-state index in [0.29, 0.717) is 44.3 Å². The third-order valence-corrected chi connectivity index (χ3v) is 7.43. The number of fused-ring (bicyclic) bond motifs is 3. The summed E-state index contributed by atoms with van der Waals surface area (Å²) in [5.41, 5.74) is 5.13. The van der Waals surface area contributed by atoms with Crippen LogP contribution in [0.2, 0.25) is 0 Å². The van der Waals surface area contributed by atoms with Gasteiger partial charge in [0.1, 0.15) is 0 Å². The molecule has 2 fully saturated rings. The van der Waals surface area contributed by atoms with Crippen molar-refractivity contribution in [2.45, 2.75) is 64.0 Å². The summed E-state index contributed by atoms with van der Waals surface area (Å²) in [4.78, 5) is 13.0. The van der Waals surface area contributed by atoms with Gasteiger partial charge in [-0.2, -0.15) is 0 Å². The van der Waals surface area contributed by atoms with Crippen LogP contribution in [0.4, 0.5) is 8.78 Å². The summed E-state index contributed by atoms with van der Waals surface area (Å²) in [5, 5.41) is 0. The number of methoxy groups -OCH3 is 1. The van der Waals surface area contributed by atoms with Crippen molar-refractivity contribution in [3.63, 3.8) is 0 Å². The number of pyridine rings is 1. The Hall–Kier alpha value is -2.45. The molecule has 1 atom stereocenters. The minimum absolute atomic E-state index is 0.00806. The highest BCUT2D eigenvalue weighted by Crippen LogP contribution is 2.44.